The van der Waals surface area contributed by atoms with Crippen molar-refractivity contribution in [2.24, 2.45) is 5.10 Å². The molecule has 0 amide bonds. The van der Waals surface area contributed by atoms with E-state index in [-0.39, 0.29) is 0 Å². The average Bonchev–Trinajstić information content (AvgIpc) is 2.67. The molecule has 2 rings (SSSR count). The molecule has 0 radical (unpaired) electrons. The van der Waals surface area contributed by atoms with Gasteiger partial charge in [0.05, 0.1) is 10.7 Å². The van der Waals surface area contributed by atoms with Crippen LogP contribution in [-0.2, 0) is 0 Å². The minimum atomic E-state index is 1.01. The van der Waals surface area contributed by atoms with Crippen molar-refractivity contribution in [1.29, 1.82) is 0 Å². The molecule has 0 atom stereocenters. The Bertz CT molecular complexity index is 308. The highest BCUT2D eigenvalue weighted by Gasteiger charge is 2.13. The largest absolute Gasteiger partial charge is 0.264 e. The fourth-order valence-corrected chi connectivity index (χ4v) is 1.84. The minimum absolute atomic E-state index is 1.01. The zero-order chi connectivity index (χ0) is 9.10. The van der Waals surface area contributed by atoms with E-state index in [0.29, 0.717) is 0 Å². The molecule has 0 spiro atoms. The zero-order valence-electron chi connectivity index (χ0n) is 7.60. The van der Waals surface area contributed by atoms with Crippen LogP contribution in [0.1, 0.15) is 6.42 Å². The fraction of sp³-hybridized carbons (Fsp3) is 0.300. The molecule has 0 bridgehead atoms. The van der Waals surface area contributed by atoms with Gasteiger partial charge in [-0.3, -0.25) is 5.01 Å². The lowest BCUT2D eigenvalue weighted by Crippen LogP contribution is -2.11. The number of hydrogen-bond acceptors (Lipinski definition) is 3. The average molecular weight is 192 g/mol. The van der Waals surface area contributed by atoms with Crippen LogP contribution in [-0.4, -0.2) is 17.8 Å². The third-order valence-electron chi connectivity index (χ3n) is 2.06. The summed E-state index contributed by atoms with van der Waals surface area (Å²) in [6, 6.07) is 10.3. The number of para-hydroxylation sites is 1. The van der Waals surface area contributed by atoms with E-state index >= 15 is 0 Å². The van der Waals surface area contributed by atoms with Crippen molar-refractivity contribution in [3.63, 3.8) is 0 Å². The molecule has 2 nitrogen and oxygen atoms in total. The Morgan fingerprint density at radius 1 is 1.31 bits per heavy atom. The maximum atomic E-state index is 4.49. The van der Waals surface area contributed by atoms with Gasteiger partial charge in [-0.15, -0.1) is 11.8 Å². The fourth-order valence-electron chi connectivity index (χ4n) is 1.37. The van der Waals surface area contributed by atoms with Gasteiger partial charge in [0.15, 0.2) is 0 Å². The summed E-state index contributed by atoms with van der Waals surface area (Å²) in [6.45, 7) is 1.01. The van der Waals surface area contributed by atoms with E-state index in [1.807, 2.05) is 18.2 Å². The minimum Gasteiger partial charge on any atom is -0.264 e. The predicted octanol–water partition coefficient (Wildman–Crippen LogP) is 2.57. The van der Waals surface area contributed by atoms with Gasteiger partial charge in [-0.2, -0.15) is 5.10 Å². The Hall–Kier alpha value is -0.960. The summed E-state index contributed by atoms with van der Waals surface area (Å²) in [5.41, 5.74) is 1.19. The van der Waals surface area contributed by atoms with E-state index in [1.165, 1.54) is 10.7 Å². The predicted molar refractivity (Wildman–Crippen MR) is 59.4 cm³/mol. The topological polar surface area (TPSA) is 15.6 Å². The van der Waals surface area contributed by atoms with Crippen LogP contribution < -0.4 is 5.01 Å². The summed E-state index contributed by atoms with van der Waals surface area (Å²) in [5.74, 6) is 0. The lowest BCUT2D eigenvalue weighted by atomic mass is 10.3. The molecule has 0 saturated heterocycles. The number of rotatable bonds is 1. The first-order valence-corrected chi connectivity index (χ1v) is 5.56. The summed E-state index contributed by atoms with van der Waals surface area (Å²) >= 11 is 1.74. The summed E-state index contributed by atoms with van der Waals surface area (Å²) in [4.78, 5) is 0. The Morgan fingerprint density at radius 3 is 2.69 bits per heavy atom. The van der Waals surface area contributed by atoms with Crippen molar-refractivity contribution in [3.8, 4) is 0 Å². The molecule has 0 N–H and O–H groups in total. The zero-order valence-corrected chi connectivity index (χ0v) is 8.42. The molecule has 1 aliphatic heterocycles. The van der Waals surface area contributed by atoms with Gasteiger partial charge in [-0.05, 0) is 18.4 Å². The van der Waals surface area contributed by atoms with E-state index < -0.39 is 0 Å². The van der Waals surface area contributed by atoms with Crippen LogP contribution in [0.25, 0.3) is 0 Å². The highest BCUT2D eigenvalue weighted by molar-refractivity contribution is 8.13. The molecule has 0 saturated carbocycles. The van der Waals surface area contributed by atoms with Crippen LogP contribution in [0.3, 0.4) is 0 Å². The van der Waals surface area contributed by atoms with Crippen molar-refractivity contribution in [3.05, 3.63) is 30.3 Å². The first-order valence-electron chi connectivity index (χ1n) is 4.34. The van der Waals surface area contributed by atoms with Gasteiger partial charge in [0.25, 0.3) is 0 Å². The van der Waals surface area contributed by atoms with Gasteiger partial charge >= 0.3 is 0 Å². The maximum absolute atomic E-state index is 4.49. The molecule has 1 aliphatic rings. The van der Waals surface area contributed by atoms with Crippen molar-refractivity contribution in [2.75, 3.05) is 17.8 Å². The molecule has 13 heavy (non-hydrogen) atoms. The maximum Gasteiger partial charge on any atom is 0.0953 e. The van der Waals surface area contributed by atoms with Crippen molar-refractivity contribution in [1.82, 2.24) is 0 Å². The Balaban J connectivity index is 2.16. The number of benzene rings is 1. The van der Waals surface area contributed by atoms with Crippen LogP contribution in [0.5, 0.6) is 0 Å². The smallest absolute Gasteiger partial charge is 0.0953 e. The lowest BCUT2D eigenvalue weighted by molar-refractivity contribution is 0.922. The number of anilines is 1. The molecule has 1 aromatic rings. The van der Waals surface area contributed by atoms with Crippen molar-refractivity contribution < 1.29 is 0 Å². The molecule has 68 valence electrons. The first kappa shape index (κ1) is 8.63. The summed E-state index contributed by atoms with van der Waals surface area (Å²) < 4.78 is 0. The second-order valence-corrected chi connectivity index (χ2v) is 3.79. The third kappa shape index (κ3) is 1.86. The molecule has 0 aromatic heterocycles. The van der Waals surface area contributed by atoms with E-state index in [4.69, 9.17) is 0 Å². The van der Waals surface area contributed by atoms with Crippen LogP contribution in [0, 0.1) is 0 Å². The van der Waals surface area contributed by atoms with E-state index in [0.717, 1.165) is 13.0 Å². The van der Waals surface area contributed by atoms with Crippen LogP contribution in [0.2, 0.25) is 0 Å². The van der Waals surface area contributed by atoms with Gasteiger partial charge < -0.3 is 0 Å². The Kier molecular flexibility index (Phi) is 2.54. The number of hydrazone groups is 1. The molecule has 0 unspecified atom stereocenters. The summed E-state index contributed by atoms with van der Waals surface area (Å²) in [5, 5.41) is 7.78. The number of hydrogen-bond donors (Lipinski definition) is 0. The highest BCUT2D eigenvalue weighted by atomic mass is 32.2. The monoisotopic (exact) mass is 192 g/mol. The highest BCUT2D eigenvalue weighted by Crippen LogP contribution is 2.21. The van der Waals surface area contributed by atoms with Crippen LogP contribution in [0.4, 0.5) is 5.69 Å². The molecule has 1 heterocycles. The molecule has 0 aliphatic carbocycles. The van der Waals surface area contributed by atoms with Gasteiger partial charge in [0.1, 0.15) is 0 Å². The quantitative estimate of drug-likeness (QED) is 0.679. The van der Waals surface area contributed by atoms with Crippen LogP contribution >= 0.6 is 11.8 Å². The number of thioether (sulfide) groups is 1. The van der Waals surface area contributed by atoms with Crippen molar-refractivity contribution >= 4 is 22.5 Å². The summed E-state index contributed by atoms with van der Waals surface area (Å²) in [7, 11) is 0. The second kappa shape index (κ2) is 3.83. The van der Waals surface area contributed by atoms with Gasteiger partial charge in [0.2, 0.25) is 0 Å². The van der Waals surface area contributed by atoms with E-state index in [9.17, 15) is 0 Å². The standard InChI is InChI=1S/C10H12N2S/c1-13-10-7-8-12(11-10)9-5-3-2-4-6-9/h2-6H,7-8H2,1H3. The molecule has 3 heteroatoms. The van der Waals surface area contributed by atoms with E-state index in [2.05, 4.69) is 28.5 Å². The molecular weight excluding hydrogens is 180 g/mol. The molecule has 0 fully saturated rings. The Labute approximate surface area is 82.6 Å². The number of nitrogens with zero attached hydrogens (tertiary/aromatic N) is 2. The SMILES string of the molecule is CSC1=NN(c2ccccc2)CC1. The molecule has 1 aromatic carbocycles. The first-order chi connectivity index (χ1) is 6.40. The Morgan fingerprint density at radius 2 is 2.08 bits per heavy atom. The van der Waals surface area contributed by atoms with Gasteiger partial charge in [0, 0.05) is 13.0 Å². The van der Waals surface area contributed by atoms with E-state index in [1.54, 1.807) is 11.8 Å². The van der Waals surface area contributed by atoms with Crippen LogP contribution in [0.15, 0.2) is 35.4 Å². The van der Waals surface area contributed by atoms with Gasteiger partial charge in [-0.25, -0.2) is 0 Å². The lowest BCUT2D eigenvalue weighted by Gasteiger charge is -2.12. The second-order valence-electron chi connectivity index (χ2n) is 2.91. The van der Waals surface area contributed by atoms with Gasteiger partial charge in [-0.1, -0.05) is 18.2 Å². The summed E-state index contributed by atoms with van der Waals surface area (Å²) in [6.07, 6.45) is 3.16. The third-order valence-corrected chi connectivity index (χ3v) is 2.82. The van der Waals surface area contributed by atoms with Crippen molar-refractivity contribution in [2.45, 2.75) is 6.42 Å². The normalized spacial score (nSPS) is 16.1. The molecular formula is C10H12N2S.